The van der Waals surface area contributed by atoms with E-state index in [0.29, 0.717) is 0 Å². The molecule has 1 saturated carbocycles. The quantitative estimate of drug-likeness (QED) is 0.846. The van der Waals surface area contributed by atoms with Gasteiger partial charge in [-0.05, 0) is 55.2 Å². The van der Waals surface area contributed by atoms with E-state index >= 15 is 0 Å². The van der Waals surface area contributed by atoms with Crippen LogP contribution in [0, 0.1) is 0 Å². The summed E-state index contributed by atoms with van der Waals surface area (Å²) in [6.07, 6.45) is 5.27. The Bertz CT molecular complexity index is 633. The van der Waals surface area contributed by atoms with Crippen LogP contribution in [-0.4, -0.2) is 10.9 Å². The van der Waals surface area contributed by atoms with Crippen molar-refractivity contribution < 1.29 is 4.79 Å². The van der Waals surface area contributed by atoms with Crippen molar-refractivity contribution in [3.05, 3.63) is 59.9 Å². The van der Waals surface area contributed by atoms with Gasteiger partial charge in [-0.15, -0.1) is 0 Å². The number of carbonyl (C=O) groups is 1. The largest absolute Gasteiger partial charge is 0.399 e. The molecule has 1 aliphatic carbocycles. The summed E-state index contributed by atoms with van der Waals surface area (Å²) in [5.74, 6) is 0.0941. The van der Waals surface area contributed by atoms with Gasteiger partial charge in [-0.1, -0.05) is 12.1 Å². The minimum Gasteiger partial charge on any atom is -0.399 e. The third-order valence-corrected chi connectivity index (χ3v) is 4.20. The molecule has 0 aliphatic heterocycles. The average molecular weight is 281 g/mol. The van der Waals surface area contributed by atoms with Gasteiger partial charge in [-0.25, -0.2) is 0 Å². The summed E-state index contributed by atoms with van der Waals surface area (Å²) in [6, 6.07) is 11.5. The lowest BCUT2D eigenvalue weighted by Crippen LogP contribution is -2.36. The van der Waals surface area contributed by atoms with Crippen LogP contribution >= 0.6 is 0 Å². The summed E-state index contributed by atoms with van der Waals surface area (Å²) in [4.78, 5) is 16.6. The lowest BCUT2D eigenvalue weighted by molar-refractivity contribution is -0.124. The molecule has 3 N–H and O–H groups in total. The van der Waals surface area contributed by atoms with Gasteiger partial charge in [-0.3, -0.25) is 9.78 Å². The molecular weight excluding hydrogens is 262 g/mol. The molecule has 0 spiro atoms. The minimum atomic E-state index is -0.366. The Morgan fingerprint density at radius 1 is 1.19 bits per heavy atom. The second-order valence-electron chi connectivity index (χ2n) is 5.68. The maximum atomic E-state index is 12.6. The number of anilines is 1. The van der Waals surface area contributed by atoms with E-state index in [1.807, 2.05) is 43.3 Å². The van der Waals surface area contributed by atoms with Crippen LogP contribution in [0.15, 0.2) is 48.8 Å². The van der Waals surface area contributed by atoms with Gasteiger partial charge in [0.15, 0.2) is 0 Å². The Balaban J connectivity index is 1.75. The zero-order valence-corrected chi connectivity index (χ0v) is 12.0. The molecule has 1 unspecified atom stereocenters. The van der Waals surface area contributed by atoms with Crippen LogP contribution in [0.1, 0.15) is 36.9 Å². The number of benzene rings is 1. The summed E-state index contributed by atoms with van der Waals surface area (Å²) in [5, 5.41) is 3.11. The molecule has 0 radical (unpaired) electrons. The number of carbonyl (C=O) groups excluding carboxylic acids is 1. The second kappa shape index (κ2) is 5.20. The molecule has 1 atom stereocenters. The summed E-state index contributed by atoms with van der Waals surface area (Å²) in [5.41, 5.74) is 8.19. The monoisotopic (exact) mass is 281 g/mol. The molecule has 3 rings (SSSR count). The number of hydrogen-bond donors (Lipinski definition) is 2. The smallest absolute Gasteiger partial charge is 0.231 e. The predicted octanol–water partition coefficient (Wildman–Crippen LogP) is 2.57. The van der Waals surface area contributed by atoms with Crippen molar-refractivity contribution in [3.63, 3.8) is 0 Å². The number of amides is 1. The zero-order chi connectivity index (χ0) is 14.9. The van der Waals surface area contributed by atoms with Crippen LogP contribution in [-0.2, 0) is 10.2 Å². The van der Waals surface area contributed by atoms with E-state index in [9.17, 15) is 4.79 Å². The van der Waals surface area contributed by atoms with Crippen LogP contribution in [0.25, 0.3) is 0 Å². The molecule has 21 heavy (non-hydrogen) atoms. The fourth-order valence-corrected chi connectivity index (χ4v) is 2.64. The van der Waals surface area contributed by atoms with Crippen molar-refractivity contribution >= 4 is 11.6 Å². The van der Waals surface area contributed by atoms with Crippen LogP contribution in [0.5, 0.6) is 0 Å². The lowest BCUT2D eigenvalue weighted by atomic mass is 9.94. The first-order valence-corrected chi connectivity index (χ1v) is 7.19. The third-order valence-electron chi connectivity index (χ3n) is 4.20. The fourth-order valence-electron chi connectivity index (χ4n) is 2.64. The van der Waals surface area contributed by atoms with Crippen molar-refractivity contribution in [2.24, 2.45) is 0 Å². The Hall–Kier alpha value is -2.36. The van der Waals surface area contributed by atoms with E-state index in [-0.39, 0.29) is 17.4 Å². The SMILES string of the molecule is CC(NC(=O)C1(c2ccc(N)cc2)CC1)c1ccncc1. The highest BCUT2D eigenvalue weighted by atomic mass is 16.2. The highest BCUT2D eigenvalue weighted by molar-refractivity contribution is 5.91. The number of nitrogens with zero attached hydrogens (tertiary/aromatic N) is 1. The molecule has 1 aromatic heterocycles. The van der Waals surface area contributed by atoms with Crippen molar-refractivity contribution in [1.82, 2.24) is 10.3 Å². The number of nitrogen functional groups attached to an aromatic ring is 1. The molecule has 2 aromatic rings. The van der Waals surface area contributed by atoms with E-state index in [1.165, 1.54) is 0 Å². The van der Waals surface area contributed by atoms with Crippen molar-refractivity contribution in [2.75, 3.05) is 5.73 Å². The molecule has 1 fully saturated rings. The first-order valence-electron chi connectivity index (χ1n) is 7.19. The number of nitrogens with two attached hydrogens (primary N) is 1. The van der Waals surface area contributed by atoms with Crippen LogP contribution in [0.4, 0.5) is 5.69 Å². The topological polar surface area (TPSA) is 68.0 Å². The van der Waals surface area contributed by atoms with Gasteiger partial charge in [0.1, 0.15) is 0 Å². The number of aromatic nitrogens is 1. The van der Waals surface area contributed by atoms with Gasteiger partial charge in [-0.2, -0.15) is 0 Å². The van der Waals surface area contributed by atoms with Gasteiger partial charge in [0.2, 0.25) is 5.91 Å². The van der Waals surface area contributed by atoms with Crippen molar-refractivity contribution in [2.45, 2.75) is 31.2 Å². The summed E-state index contributed by atoms with van der Waals surface area (Å²) in [7, 11) is 0. The Morgan fingerprint density at radius 3 is 2.38 bits per heavy atom. The van der Waals surface area contributed by atoms with Crippen LogP contribution in [0.3, 0.4) is 0 Å². The van der Waals surface area contributed by atoms with Crippen molar-refractivity contribution in [3.8, 4) is 0 Å². The molecule has 4 nitrogen and oxygen atoms in total. The maximum Gasteiger partial charge on any atom is 0.231 e. The minimum absolute atomic E-state index is 0.0215. The van der Waals surface area contributed by atoms with E-state index in [1.54, 1.807) is 12.4 Å². The first-order chi connectivity index (χ1) is 10.1. The normalized spacial score (nSPS) is 17.0. The summed E-state index contributed by atoms with van der Waals surface area (Å²) in [6.45, 7) is 1.99. The Kier molecular flexibility index (Phi) is 3.37. The van der Waals surface area contributed by atoms with E-state index in [0.717, 1.165) is 29.7 Å². The predicted molar refractivity (Wildman–Crippen MR) is 82.6 cm³/mol. The number of pyridine rings is 1. The molecule has 1 amide bonds. The molecule has 0 saturated heterocycles. The summed E-state index contributed by atoms with van der Waals surface area (Å²) >= 11 is 0. The number of hydrogen-bond acceptors (Lipinski definition) is 3. The zero-order valence-electron chi connectivity index (χ0n) is 12.0. The summed E-state index contributed by atoms with van der Waals surface area (Å²) < 4.78 is 0. The van der Waals surface area contributed by atoms with Gasteiger partial charge in [0, 0.05) is 18.1 Å². The van der Waals surface area contributed by atoms with E-state index in [2.05, 4.69) is 10.3 Å². The molecular formula is C17H19N3O. The Morgan fingerprint density at radius 2 is 1.81 bits per heavy atom. The fraction of sp³-hybridized carbons (Fsp3) is 0.294. The van der Waals surface area contributed by atoms with Crippen LogP contribution < -0.4 is 11.1 Å². The van der Waals surface area contributed by atoms with E-state index in [4.69, 9.17) is 5.73 Å². The third kappa shape index (κ3) is 2.61. The Labute approximate surface area is 124 Å². The molecule has 1 aliphatic rings. The molecule has 0 bridgehead atoms. The van der Waals surface area contributed by atoms with Crippen molar-refractivity contribution in [1.29, 1.82) is 0 Å². The maximum absolute atomic E-state index is 12.6. The highest BCUT2D eigenvalue weighted by Gasteiger charge is 2.51. The lowest BCUT2D eigenvalue weighted by Gasteiger charge is -2.20. The van der Waals surface area contributed by atoms with E-state index < -0.39 is 0 Å². The van der Waals surface area contributed by atoms with Gasteiger partial charge in [0.05, 0.1) is 11.5 Å². The number of nitrogens with one attached hydrogen (secondary N) is 1. The van der Waals surface area contributed by atoms with Gasteiger partial charge >= 0.3 is 0 Å². The van der Waals surface area contributed by atoms with Crippen LogP contribution in [0.2, 0.25) is 0 Å². The average Bonchev–Trinajstić information content (AvgIpc) is 3.30. The highest BCUT2D eigenvalue weighted by Crippen LogP contribution is 2.48. The molecule has 1 heterocycles. The second-order valence-corrected chi connectivity index (χ2v) is 5.68. The molecule has 4 heteroatoms. The van der Waals surface area contributed by atoms with Gasteiger partial charge < -0.3 is 11.1 Å². The number of rotatable bonds is 4. The standard InChI is InChI=1S/C17H19N3O/c1-12(13-6-10-19-11-7-13)20-16(21)17(8-9-17)14-2-4-15(18)5-3-14/h2-7,10-12H,8-9,18H2,1H3,(H,20,21). The first kappa shape index (κ1) is 13.6. The molecule has 108 valence electrons. The molecule has 1 aromatic carbocycles. The van der Waals surface area contributed by atoms with Gasteiger partial charge in [0.25, 0.3) is 0 Å².